The third-order valence-electron chi connectivity index (χ3n) is 4.45. The SMILES string of the molecule is Cn1c(S[C@H]2CCc3ccccc3NC2=O)nnc1-c1ccc(O)cc1. The monoisotopic (exact) mass is 366 g/mol. The smallest absolute Gasteiger partial charge is 0.237 e. The van der Waals surface area contributed by atoms with Crippen molar-refractivity contribution in [3.63, 3.8) is 0 Å². The topological polar surface area (TPSA) is 80.0 Å². The van der Waals surface area contributed by atoms with Crippen molar-refractivity contribution in [2.75, 3.05) is 5.32 Å². The molecule has 1 atom stereocenters. The fourth-order valence-corrected chi connectivity index (χ4v) is 4.00. The van der Waals surface area contributed by atoms with Gasteiger partial charge in [-0.3, -0.25) is 4.79 Å². The van der Waals surface area contributed by atoms with Crippen molar-refractivity contribution in [1.29, 1.82) is 0 Å². The zero-order valence-corrected chi connectivity index (χ0v) is 15.0. The Hall–Kier alpha value is -2.80. The molecular weight excluding hydrogens is 348 g/mol. The quantitative estimate of drug-likeness (QED) is 0.744. The van der Waals surface area contributed by atoms with E-state index in [4.69, 9.17) is 0 Å². The zero-order chi connectivity index (χ0) is 18.1. The molecule has 2 heterocycles. The molecular formula is C19H18N4O2S. The number of aromatic hydroxyl groups is 1. The number of para-hydroxylation sites is 1. The molecule has 0 aliphatic carbocycles. The predicted octanol–water partition coefficient (Wildman–Crippen LogP) is 3.23. The third kappa shape index (κ3) is 3.17. The number of phenolic OH excluding ortho intramolecular Hbond substituents is 1. The van der Waals surface area contributed by atoms with Gasteiger partial charge in [0.1, 0.15) is 5.75 Å². The number of carbonyl (C=O) groups excluding carboxylic acids is 1. The van der Waals surface area contributed by atoms with E-state index in [9.17, 15) is 9.90 Å². The molecule has 1 aliphatic rings. The van der Waals surface area contributed by atoms with Gasteiger partial charge in [0.25, 0.3) is 0 Å². The van der Waals surface area contributed by atoms with E-state index in [2.05, 4.69) is 15.5 Å². The molecule has 4 rings (SSSR count). The number of hydrogen-bond donors (Lipinski definition) is 2. The fourth-order valence-electron chi connectivity index (χ4n) is 3.01. The van der Waals surface area contributed by atoms with Crippen LogP contribution in [-0.4, -0.2) is 31.0 Å². The van der Waals surface area contributed by atoms with Gasteiger partial charge >= 0.3 is 0 Å². The number of benzene rings is 2. The Labute approximate surface area is 155 Å². The fraction of sp³-hybridized carbons (Fsp3) is 0.211. The normalized spacial score (nSPS) is 16.7. The summed E-state index contributed by atoms with van der Waals surface area (Å²) >= 11 is 1.43. The second kappa shape index (κ2) is 6.84. The molecule has 3 aromatic rings. The van der Waals surface area contributed by atoms with Crippen LogP contribution in [-0.2, 0) is 18.3 Å². The van der Waals surface area contributed by atoms with Crippen LogP contribution in [0.5, 0.6) is 5.75 Å². The van der Waals surface area contributed by atoms with Crippen molar-refractivity contribution in [3.8, 4) is 17.1 Å². The van der Waals surface area contributed by atoms with Gasteiger partial charge in [0.05, 0.1) is 5.25 Å². The van der Waals surface area contributed by atoms with Gasteiger partial charge in [-0.05, 0) is 48.7 Å². The number of fused-ring (bicyclic) bond motifs is 1. The summed E-state index contributed by atoms with van der Waals surface area (Å²) in [5.74, 6) is 0.902. The van der Waals surface area contributed by atoms with Crippen LogP contribution in [0.4, 0.5) is 5.69 Å². The van der Waals surface area contributed by atoms with Crippen LogP contribution in [0.1, 0.15) is 12.0 Å². The van der Waals surface area contributed by atoms with Gasteiger partial charge in [-0.1, -0.05) is 30.0 Å². The minimum atomic E-state index is -0.224. The standard InChI is InChI=1S/C19H18N4O2S/c1-23-17(13-6-9-14(24)10-7-13)21-22-19(23)26-16-11-8-12-4-2-3-5-15(12)20-18(16)25/h2-7,9-10,16,24H,8,11H2,1H3,(H,20,25)/t16-/m0/s1. The van der Waals surface area contributed by atoms with E-state index in [0.29, 0.717) is 11.0 Å². The van der Waals surface area contributed by atoms with Gasteiger partial charge in [-0.25, -0.2) is 0 Å². The number of rotatable bonds is 3. The van der Waals surface area contributed by atoms with Crippen LogP contribution >= 0.6 is 11.8 Å². The Morgan fingerprint density at radius 3 is 2.73 bits per heavy atom. The van der Waals surface area contributed by atoms with E-state index in [1.54, 1.807) is 24.3 Å². The number of amides is 1. The van der Waals surface area contributed by atoms with Crippen LogP contribution in [0.3, 0.4) is 0 Å². The number of hydrogen-bond acceptors (Lipinski definition) is 5. The summed E-state index contributed by atoms with van der Waals surface area (Å²) in [7, 11) is 1.88. The largest absolute Gasteiger partial charge is 0.508 e. The van der Waals surface area contributed by atoms with E-state index >= 15 is 0 Å². The molecule has 0 saturated heterocycles. The van der Waals surface area contributed by atoms with E-state index < -0.39 is 0 Å². The summed E-state index contributed by atoms with van der Waals surface area (Å²) in [6.07, 6.45) is 1.59. The minimum absolute atomic E-state index is 0.00543. The molecule has 1 aromatic heterocycles. The average molecular weight is 366 g/mol. The van der Waals surface area contributed by atoms with E-state index in [-0.39, 0.29) is 16.9 Å². The zero-order valence-electron chi connectivity index (χ0n) is 14.2. The Kier molecular flexibility index (Phi) is 4.38. The summed E-state index contributed by atoms with van der Waals surface area (Å²) < 4.78 is 1.88. The maximum absolute atomic E-state index is 12.6. The van der Waals surface area contributed by atoms with E-state index in [1.165, 1.54) is 11.8 Å². The highest BCUT2D eigenvalue weighted by atomic mass is 32.2. The van der Waals surface area contributed by atoms with Crippen LogP contribution in [0.15, 0.2) is 53.7 Å². The van der Waals surface area contributed by atoms with Crippen molar-refractivity contribution >= 4 is 23.4 Å². The first kappa shape index (κ1) is 16.7. The number of phenols is 1. The summed E-state index contributed by atoms with van der Waals surface area (Å²) in [4.78, 5) is 12.6. The molecule has 1 amide bonds. The molecule has 2 N–H and O–H groups in total. The Bertz CT molecular complexity index is 952. The Balaban J connectivity index is 1.55. The number of nitrogens with zero attached hydrogens (tertiary/aromatic N) is 3. The molecule has 0 unspecified atom stereocenters. The molecule has 0 radical (unpaired) electrons. The highest BCUT2D eigenvalue weighted by Gasteiger charge is 2.26. The van der Waals surface area contributed by atoms with Gasteiger partial charge in [-0.15, -0.1) is 10.2 Å². The van der Waals surface area contributed by atoms with Gasteiger partial charge < -0.3 is 15.0 Å². The van der Waals surface area contributed by atoms with Crippen LogP contribution in [0.25, 0.3) is 11.4 Å². The maximum atomic E-state index is 12.6. The molecule has 1 aliphatic heterocycles. The average Bonchev–Trinajstić information content (AvgIpc) is 2.92. The first-order valence-corrected chi connectivity index (χ1v) is 9.24. The Morgan fingerprint density at radius 2 is 1.92 bits per heavy atom. The van der Waals surface area contributed by atoms with E-state index in [0.717, 1.165) is 29.7 Å². The lowest BCUT2D eigenvalue weighted by atomic mass is 10.1. The van der Waals surface area contributed by atoms with Crippen LogP contribution in [0.2, 0.25) is 0 Å². The van der Waals surface area contributed by atoms with Crippen LogP contribution < -0.4 is 5.32 Å². The summed E-state index contributed by atoms with van der Waals surface area (Å²) in [5, 5.41) is 21.4. The van der Waals surface area contributed by atoms with Crippen molar-refractivity contribution in [1.82, 2.24) is 14.8 Å². The second-order valence-electron chi connectivity index (χ2n) is 6.20. The van der Waals surface area contributed by atoms with Crippen molar-refractivity contribution in [2.45, 2.75) is 23.2 Å². The van der Waals surface area contributed by atoms with Gasteiger partial charge in [0.15, 0.2) is 11.0 Å². The van der Waals surface area contributed by atoms with Crippen molar-refractivity contribution < 1.29 is 9.90 Å². The molecule has 6 nitrogen and oxygen atoms in total. The lowest BCUT2D eigenvalue weighted by Gasteiger charge is -2.12. The molecule has 2 aromatic carbocycles. The molecule has 7 heteroatoms. The van der Waals surface area contributed by atoms with Gasteiger partial charge in [-0.2, -0.15) is 0 Å². The van der Waals surface area contributed by atoms with Gasteiger partial charge in [0.2, 0.25) is 5.91 Å². The number of aromatic nitrogens is 3. The lowest BCUT2D eigenvalue weighted by molar-refractivity contribution is -0.115. The predicted molar refractivity (Wildman–Crippen MR) is 101 cm³/mol. The number of carbonyl (C=O) groups is 1. The first-order chi connectivity index (χ1) is 12.6. The number of aryl methyl sites for hydroxylation is 1. The third-order valence-corrected chi connectivity index (χ3v) is 5.75. The molecule has 132 valence electrons. The highest BCUT2D eigenvalue weighted by Crippen LogP contribution is 2.32. The number of thioether (sulfide) groups is 1. The number of anilines is 1. The van der Waals surface area contributed by atoms with Crippen molar-refractivity contribution in [3.05, 3.63) is 54.1 Å². The summed E-state index contributed by atoms with van der Waals surface area (Å²) in [6.45, 7) is 0. The van der Waals surface area contributed by atoms with E-state index in [1.807, 2.05) is 35.9 Å². The maximum Gasteiger partial charge on any atom is 0.237 e. The molecule has 26 heavy (non-hydrogen) atoms. The lowest BCUT2D eigenvalue weighted by Crippen LogP contribution is -2.24. The second-order valence-corrected chi connectivity index (χ2v) is 7.37. The molecule has 0 fully saturated rings. The molecule has 0 bridgehead atoms. The minimum Gasteiger partial charge on any atom is -0.508 e. The highest BCUT2D eigenvalue weighted by molar-refractivity contribution is 8.00. The van der Waals surface area contributed by atoms with Gasteiger partial charge in [0, 0.05) is 18.3 Å². The summed E-state index contributed by atoms with van der Waals surface area (Å²) in [6, 6.07) is 14.7. The molecule has 0 spiro atoms. The Morgan fingerprint density at radius 1 is 1.15 bits per heavy atom. The molecule has 0 saturated carbocycles. The van der Waals surface area contributed by atoms with Crippen LogP contribution in [0, 0.1) is 0 Å². The van der Waals surface area contributed by atoms with Crippen molar-refractivity contribution in [2.24, 2.45) is 7.05 Å². The number of nitrogens with one attached hydrogen (secondary N) is 1. The first-order valence-electron chi connectivity index (χ1n) is 8.36. The summed E-state index contributed by atoms with van der Waals surface area (Å²) in [5.41, 5.74) is 2.91.